The molecule has 0 unspecified atom stereocenters. The van der Waals surface area contributed by atoms with Crippen LogP contribution >= 0.6 is 0 Å². The monoisotopic (exact) mass is 297 g/mol. The van der Waals surface area contributed by atoms with E-state index in [1.165, 1.54) is 18.4 Å². The summed E-state index contributed by atoms with van der Waals surface area (Å²) in [6.45, 7) is 3.40. The van der Waals surface area contributed by atoms with Crippen LogP contribution in [0.1, 0.15) is 36.1 Å². The van der Waals surface area contributed by atoms with Crippen LogP contribution < -0.4 is 5.32 Å². The molecule has 4 rings (SSSR count). The summed E-state index contributed by atoms with van der Waals surface area (Å²) in [7, 11) is 0. The van der Waals surface area contributed by atoms with Gasteiger partial charge >= 0.3 is 6.03 Å². The number of benzene rings is 1. The number of carbonyl (C=O) groups excluding carboxylic acids is 1. The molecule has 1 aliphatic heterocycles. The Morgan fingerprint density at radius 3 is 2.64 bits per heavy atom. The summed E-state index contributed by atoms with van der Waals surface area (Å²) in [6, 6.07) is 8.02. The van der Waals surface area contributed by atoms with Gasteiger partial charge in [-0.25, -0.2) is 9.48 Å². The van der Waals surface area contributed by atoms with Crippen molar-refractivity contribution >= 4 is 11.7 Å². The Kier molecular flexibility index (Phi) is 3.10. The van der Waals surface area contributed by atoms with Gasteiger partial charge in [0.2, 0.25) is 0 Å². The van der Waals surface area contributed by atoms with E-state index < -0.39 is 0 Å². The van der Waals surface area contributed by atoms with E-state index in [1.807, 2.05) is 42.1 Å². The lowest BCUT2D eigenvalue weighted by Crippen LogP contribution is -2.52. The first-order valence-corrected chi connectivity index (χ1v) is 7.73. The van der Waals surface area contributed by atoms with Crippen molar-refractivity contribution in [2.24, 2.45) is 0 Å². The van der Waals surface area contributed by atoms with Crippen LogP contribution in [-0.2, 0) is 0 Å². The number of carbonyl (C=O) groups is 1. The molecule has 0 bridgehead atoms. The number of rotatable bonds is 3. The van der Waals surface area contributed by atoms with Crippen molar-refractivity contribution in [3.8, 4) is 0 Å². The van der Waals surface area contributed by atoms with E-state index in [9.17, 15) is 4.79 Å². The Hall–Kier alpha value is -2.37. The van der Waals surface area contributed by atoms with Gasteiger partial charge in [0.05, 0.1) is 11.7 Å². The van der Waals surface area contributed by atoms with E-state index in [4.69, 9.17) is 0 Å². The molecule has 0 spiro atoms. The van der Waals surface area contributed by atoms with Gasteiger partial charge in [-0.1, -0.05) is 22.9 Å². The van der Waals surface area contributed by atoms with E-state index in [2.05, 4.69) is 15.6 Å². The fourth-order valence-corrected chi connectivity index (χ4v) is 2.66. The maximum atomic E-state index is 12.1. The van der Waals surface area contributed by atoms with Gasteiger partial charge < -0.3 is 10.2 Å². The highest BCUT2D eigenvalue weighted by molar-refractivity contribution is 5.89. The normalized spacial score (nSPS) is 18.1. The number of likely N-dealkylation sites (tertiary alicyclic amines) is 1. The van der Waals surface area contributed by atoms with Crippen LogP contribution in [0.25, 0.3) is 0 Å². The topological polar surface area (TPSA) is 63.1 Å². The zero-order valence-electron chi connectivity index (χ0n) is 12.6. The molecule has 1 saturated carbocycles. The van der Waals surface area contributed by atoms with Gasteiger partial charge in [0.15, 0.2) is 0 Å². The lowest BCUT2D eigenvalue weighted by atomic mass is 10.1. The van der Waals surface area contributed by atoms with E-state index >= 15 is 0 Å². The van der Waals surface area contributed by atoms with Crippen molar-refractivity contribution in [1.82, 2.24) is 19.9 Å². The summed E-state index contributed by atoms with van der Waals surface area (Å²) >= 11 is 0. The van der Waals surface area contributed by atoms with Gasteiger partial charge in [-0.3, -0.25) is 0 Å². The number of anilines is 1. The largest absolute Gasteiger partial charge is 0.321 e. The highest BCUT2D eigenvalue weighted by Gasteiger charge is 2.34. The van der Waals surface area contributed by atoms with Gasteiger partial charge in [-0.05, 0) is 31.9 Å². The molecule has 2 heterocycles. The van der Waals surface area contributed by atoms with Crippen LogP contribution in [0.15, 0.2) is 30.5 Å². The molecule has 1 aliphatic carbocycles. The number of amides is 2. The van der Waals surface area contributed by atoms with Gasteiger partial charge in [0.1, 0.15) is 0 Å². The molecule has 1 aromatic heterocycles. The summed E-state index contributed by atoms with van der Waals surface area (Å²) in [5, 5.41) is 11.3. The molecule has 22 heavy (non-hydrogen) atoms. The maximum Gasteiger partial charge on any atom is 0.321 e. The molecular formula is C16H19N5O. The van der Waals surface area contributed by atoms with E-state index in [1.54, 1.807) is 4.90 Å². The van der Waals surface area contributed by atoms with Gasteiger partial charge in [-0.15, -0.1) is 5.10 Å². The van der Waals surface area contributed by atoms with Crippen LogP contribution in [0.4, 0.5) is 10.5 Å². The third kappa shape index (κ3) is 2.56. The molecule has 1 saturated heterocycles. The number of aromatic nitrogens is 3. The molecule has 114 valence electrons. The molecule has 2 amide bonds. The predicted molar refractivity (Wildman–Crippen MR) is 82.8 cm³/mol. The van der Waals surface area contributed by atoms with E-state index in [0.717, 1.165) is 11.4 Å². The Bertz CT molecular complexity index is 683. The van der Waals surface area contributed by atoms with Crippen molar-refractivity contribution < 1.29 is 4.79 Å². The molecule has 2 aromatic rings. The number of urea groups is 1. The average Bonchev–Trinajstić information content (AvgIpc) is 3.20. The van der Waals surface area contributed by atoms with Crippen molar-refractivity contribution in [3.05, 3.63) is 41.7 Å². The molecule has 2 fully saturated rings. The smallest absolute Gasteiger partial charge is 0.320 e. The summed E-state index contributed by atoms with van der Waals surface area (Å²) in [4.78, 5) is 13.9. The fourth-order valence-electron chi connectivity index (χ4n) is 2.66. The SMILES string of the molecule is Cc1ccc(NC(=O)N2CC(n3cc(C4CC4)nn3)C2)cc1. The third-order valence-electron chi connectivity index (χ3n) is 4.35. The second-order valence-corrected chi connectivity index (χ2v) is 6.25. The van der Waals surface area contributed by atoms with Crippen LogP contribution in [0.5, 0.6) is 0 Å². The zero-order valence-corrected chi connectivity index (χ0v) is 12.6. The van der Waals surface area contributed by atoms with Crippen molar-refractivity contribution in [2.75, 3.05) is 18.4 Å². The molecule has 1 aromatic carbocycles. The first-order valence-electron chi connectivity index (χ1n) is 7.73. The minimum Gasteiger partial charge on any atom is -0.320 e. The maximum absolute atomic E-state index is 12.1. The van der Waals surface area contributed by atoms with Gasteiger partial charge in [0.25, 0.3) is 0 Å². The van der Waals surface area contributed by atoms with E-state index in [-0.39, 0.29) is 12.1 Å². The number of nitrogens with one attached hydrogen (secondary N) is 1. The lowest BCUT2D eigenvalue weighted by molar-refractivity contribution is 0.127. The Morgan fingerprint density at radius 2 is 1.95 bits per heavy atom. The molecule has 0 atom stereocenters. The Balaban J connectivity index is 1.32. The third-order valence-corrected chi connectivity index (χ3v) is 4.35. The minimum atomic E-state index is -0.0531. The minimum absolute atomic E-state index is 0.0531. The average molecular weight is 297 g/mol. The van der Waals surface area contributed by atoms with Crippen molar-refractivity contribution in [1.29, 1.82) is 0 Å². The molecular weight excluding hydrogens is 278 g/mol. The highest BCUT2D eigenvalue weighted by Crippen LogP contribution is 2.39. The van der Waals surface area contributed by atoms with Crippen molar-refractivity contribution in [2.45, 2.75) is 31.7 Å². The quantitative estimate of drug-likeness (QED) is 0.947. The molecule has 2 aliphatic rings. The summed E-state index contributed by atoms with van der Waals surface area (Å²) in [6.07, 6.45) is 4.50. The first kappa shape index (κ1) is 13.3. The molecule has 6 heteroatoms. The second-order valence-electron chi connectivity index (χ2n) is 6.25. The standard InChI is InChI=1S/C16H19N5O/c1-11-2-6-13(7-3-11)17-16(22)20-8-14(9-20)21-10-15(18-19-21)12-4-5-12/h2-3,6-7,10,12,14H,4-5,8-9H2,1H3,(H,17,22). The highest BCUT2D eigenvalue weighted by atomic mass is 16.2. The molecule has 0 radical (unpaired) electrons. The van der Waals surface area contributed by atoms with Crippen LogP contribution in [0.3, 0.4) is 0 Å². The second kappa shape index (κ2) is 5.12. The molecule has 6 nitrogen and oxygen atoms in total. The molecule has 1 N–H and O–H groups in total. The van der Waals surface area contributed by atoms with Crippen LogP contribution in [0.2, 0.25) is 0 Å². The Morgan fingerprint density at radius 1 is 1.23 bits per heavy atom. The van der Waals surface area contributed by atoms with Gasteiger partial charge in [0, 0.05) is 30.9 Å². The lowest BCUT2D eigenvalue weighted by Gasteiger charge is -2.38. The fraction of sp³-hybridized carbons (Fsp3) is 0.438. The van der Waals surface area contributed by atoms with Crippen molar-refractivity contribution in [3.63, 3.8) is 0 Å². The number of hydrogen-bond acceptors (Lipinski definition) is 3. The number of hydrogen-bond donors (Lipinski definition) is 1. The Labute approximate surface area is 129 Å². The van der Waals surface area contributed by atoms with E-state index in [0.29, 0.717) is 19.0 Å². The number of aryl methyl sites for hydroxylation is 1. The predicted octanol–water partition coefficient (Wildman–Crippen LogP) is 2.55. The summed E-state index contributed by atoms with van der Waals surface area (Å²) < 4.78 is 1.91. The van der Waals surface area contributed by atoms with Gasteiger partial charge in [-0.2, -0.15) is 0 Å². The summed E-state index contributed by atoms with van der Waals surface area (Å²) in [5.41, 5.74) is 3.11. The zero-order chi connectivity index (χ0) is 15.1. The van der Waals surface area contributed by atoms with Crippen LogP contribution in [0, 0.1) is 6.92 Å². The number of nitrogens with zero attached hydrogens (tertiary/aromatic N) is 4. The summed E-state index contributed by atoms with van der Waals surface area (Å²) in [5.74, 6) is 0.620. The van der Waals surface area contributed by atoms with Crippen LogP contribution in [-0.4, -0.2) is 39.0 Å². The first-order chi connectivity index (χ1) is 10.7.